The van der Waals surface area contributed by atoms with Crippen LogP contribution in [-0.4, -0.2) is 77.6 Å². The van der Waals surface area contributed by atoms with Crippen LogP contribution in [-0.2, 0) is 19.1 Å². The molecule has 0 saturated carbocycles. The van der Waals surface area contributed by atoms with E-state index in [1.165, 1.54) is 6.08 Å². The number of quaternary nitrogens is 1. The first-order valence-electron chi connectivity index (χ1n) is 7.29. The number of esters is 1. The first-order valence-corrected chi connectivity index (χ1v) is 7.29. The van der Waals surface area contributed by atoms with Gasteiger partial charge in [0.1, 0.15) is 6.54 Å². The van der Waals surface area contributed by atoms with Gasteiger partial charge in [-0.2, -0.15) is 0 Å². The summed E-state index contributed by atoms with van der Waals surface area (Å²) < 4.78 is 5.66. The van der Waals surface area contributed by atoms with Crippen molar-refractivity contribution >= 4 is 17.9 Å². The number of allylic oxidation sites excluding steroid dienone is 1. The molecule has 0 aromatic rings. The Kier molecular flexibility index (Phi) is 9.12. The van der Waals surface area contributed by atoms with E-state index < -0.39 is 30.1 Å². The molecule has 3 N–H and O–H groups in total. The van der Waals surface area contributed by atoms with Gasteiger partial charge in [-0.1, -0.05) is 12.2 Å². The molecule has 0 radical (unpaired) electrons. The lowest BCUT2D eigenvalue weighted by atomic mass is 10.2. The molecule has 0 saturated heterocycles. The van der Waals surface area contributed by atoms with Crippen molar-refractivity contribution in [2.24, 2.45) is 0 Å². The number of carbonyl (C=O) groups is 3. The van der Waals surface area contributed by atoms with Crippen LogP contribution in [0.15, 0.2) is 12.2 Å². The van der Waals surface area contributed by atoms with Crippen LogP contribution in [0, 0.1) is 0 Å². The Bertz CT molecular complexity index is 440. The lowest BCUT2D eigenvalue weighted by Crippen LogP contribution is -2.43. The molecule has 0 aliphatic carbocycles. The van der Waals surface area contributed by atoms with E-state index in [1.807, 2.05) is 21.1 Å². The summed E-state index contributed by atoms with van der Waals surface area (Å²) in [5.74, 6) is -2.84. The molecule has 0 rings (SSSR count). The smallest absolute Gasteiger partial charge is 0.332 e. The molecule has 132 valence electrons. The van der Waals surface area contributed by atoms with Gasteiger partial charge in [-0.25, -0.2) is 4.79 Å². The highest BCUT2D eigenvalue weighted by atomic mass is 16.5. The van der Waals surface area contributed by atoms with Crippen LogP contribution < -0.4 is 0 Å². The molecule has 0 amide bonds. The van der Waals surface area contributed by atoms with Gasteiger partial charge in [-0.15, -0.1) is 0 Å². The molecule has 23 heavy (non-hydrogen) atoms. The molecule has 0 fully saturated rings. The van der Waals surface area contributed by atoms with Gasteiger partial charge in [0.05, 0.1) is 27.6 Å². The number of aliphatic hydroxyl groups is 1. The third-order valence-corrected chi connectivity index (χ3v) is 2.78. The van der Waals surface area contributed by atoms with Crippen LogP contribution in [0.5, 0.6) is 0 Å². The number of likely N-dealkylation sites (N-methyl/N-ethyl adjacent to an activating group) is 1. The number of carbonyl (C=O) groups excluding carboxylic acids is 1. The van der Waals surface area contributed by atoms with Crippen molar-refractivity contribution in [2.45, 2.75) is 37.9 Å². The third-order valence-electron chi connectivity index (χ3n) is 2.78. The maximum absolute atomic E-state index is 11.7. The molecule has 0 bridgehead atoms. The predicted molar refractivity (Wildman–Crippen MR) is 81.7 cm³/mol. The van der Waals surface area contributed by atoms with Crippen LogP contribution in [0.4, 0.5) is 0 Å². The average Bonchev–Trinajstić information content (AvgIpc) is 2.34. The number of ether oxygens (including phenoxy) is 1. The summed E-state index contributed by atoms with van der Waals surface area (Å²) >= 11 is 0. The van der Waals surface area contributed by atoms with E-state index >= 15 is 0 Å². The summed E-state index contributed by atoms with van der Waals surface area (Å²) in [4.78, 5) is 32.9. The second-order valence-corrected chi connectivity index (χ2v) is 6.28. The van der Waals surface area contributed by atoms with Crippen molar-refractivity contribution < 1.29 is 38.9 Å². The maximum atomic E-state index is 11.7. The van der Waals surface area contributed by atoms with Crippen molar-refractivity contribution in [3.63, 3.8) is 0 Å². The Morgan fingerprint density at radius 2 is 1.74 bits per heavy atom. The van der Waals surface area contributed by atoms with E-state index in [0.717, 1.165) is 0 Å². The number of carboxylic acids is 2. The van der Waals surface area contributed by atoms with Crippen LogP contribution in [0.2, 0.25) is 0 Å². The Balaban J connectivity index is 4.24. The molecule has 0 aliphatic heterocycles. The standard InChI is InChI=1S/C15H25NO7/c1-16(2,3)10-11(9-13(18)19)23-14(20)8-6-4-5-7-12(17)15(21)22/h4-5,11-12,17H,6-10H2,1-3H3,(H-,18,19,21,22)/p+1/b5-4+. The number of rotatable bonds is 11. The molecular weight excluding hydrogens is 306 g/mol. The Morgan fingerprint density at radius 1 is 1.13 bits per heavy atom. The lowest BCUT2D eigenvalue weighted by molar-refractivity contribution is -0.873. The summed E-state index contributed by atoms with van der Waals surface area (Å²) in [7, 11) is 5.62. The fourth-order valence-corrected chi connectivity index (χ4v) is 1.84. The van der Waals surface area contributed by atoms with Gasteiger partial charge < -0.3 is 24.5 Å². The molecule has 0 heterocycles. The van der Waals surface area contributed by atoms with Gasteiger partial charge in [-0.05, 0) is 6.42 Å². The van der Waals surface area contributed by atoms with Crippen molar-refractivity contribution in [2.75, 3.05) is 27.7 Å². The summed E-state index contributed by atoms with van der Waals surface area (Å²) in [6.45, 7) is 0.388. The summed E-state index contributed by atoms with van der Waals surface area (Å²) in [5, 5.41) is 26.4. The Labute approximate surface area is 135 Å². The molecule has 8 heteroatoms. The molecule has 0 aromatic carbocycles. The highest BCUT2D eigenvalue weighted by molar-refractivity contribution is 5.72. The molecular formula is C15H26NO7+. The predicted octanol–water partition coefficient (Wildman–Crippen LogP) is 0.251. The minimum absolute atomic E-state index is 0.0342. The largest absolute Gasteiger partial charge is 0.481 e. The van der Waals surface area contributed by atoms with Crippen LogP contribution in [0.3, 0.4) is 0 Å². The fraction of sp³-hybridized carbons (Fsp3) is 0.667. The Morgan fingerprint density at radius 3 is 2.22 bits per heavy atom. The zero-order valence-corrected chi connectivity index (χ0v) is 13.8. The van der Waals surface area contributed by atoms with Gasteiger partial charge >= 0.3 is 17.9 Å². The summed E-state index contributed by atoms with van der Waals surface area (Å²) in [5.41, 5.74) is 0. The number of aliphatic carboxylic acids is 2. The van der Waals surface area contributed by atoms with E-state index in [1.54, 1.807) is 6.08 Å². The first kappa shape index (κ1) is 21.1. The quantitative estimate of drug-likeness (QED) is 0.282. The van der Waals surface area contributed by atoms with Gasteiger partial charge in [0.15, 0.2) is 12.2 Å². The number of aliphatic hydroxyl groups excluding tert-OH is 1. The van der Waals surface area contributed by atoms with E-state index in [4.69, 9.17) is 20.1 Å². The van der Waals surface area contributed by atoms with Gasteiger partial charge in [0, 0.05) is 12.8 Å². The zero-order chi connectivity index (χ0) is 18.0. The molecule has 8 nitrogen and oxygen atoms in total. The SMILES string of the molecule is C[N+](C)(C)CC(CC(=O)O)OC(=O)CC/C=C/CC(O)C(=O)O. The molecule has 0 aromatic heterocycles. The van der Waals surface area contributed by atoms with E-state index in [2.05, 4.69) is 0 Å². The number of nitrogens with zero attached hydrogens (tertiary/aromatic N) is 1. The van der Waals surface area contributed by atoms with E-state index in [-0.39, 0.29) is 19.3 Å². The van der Waals surface area contributed by atoms with E-state index in [9.17, 15) is 14.4 Å². The summed E-state index contributed by atoms with van der Waals surface area (Å²) in [6, 6.07) is 0. The lowest BCUT2D eigenvalue weighted by Gasteiger charge is -2.28. The number of carboxylic acid groups (broad SMARTS) is 2. The topological polar surface area (TPSA) is 121 Å². The highest BCUT2D eigenvalue weighted by Gasteiger charge is 2.24. The average molecular weight is 332 g/mol. The van der Waals surface area contributed by atoms with Crippen LogP contribution in [0.25, 0.3) is 0 Å². The monoisotopic (exact) mass is 332 g/mol. The highest BCUT2D eigenvalue weighted by Crippen LogP contribution is 2.08. The second-order valence-electron chi connectivity index (χ2n) is 6.28. The van der Waals surface area contributed by atoms with Crippen LogP contribution >= 0.6 is 0 Å². The fourth-order valence-electron chi connectivity index (χ4n) is 1.84. The molecule has 2 unspecified atom stereocenters. The van der Waals surface area contributed by atoms with Crippen molar-refractivity contribution in [1.29, 1.82) is 0 Å². The molecule has 0 spiro atoms. The zero-order valence-electron chi connectivity index (χ0n) is 13.8. The van der Waals surface area contributed by atoms with Gasteiger partial charge in [0.25, 0.3) is 0 Å². The van der Waals surface area contributed by atoms with Crippen molar-refractivity contribution in [3.8, 4) is 0 Å². The minimum atomic E-state index is -1.46. The summed E-state index contributed by atoms with van der Waals surface area (Å²) in [6.07, 6.45) is 1.02. The normalized spacial score (nSPS) is 14.4. The van der Waals surface area contributed by atoms with Crippen molar-refractivity contribution in [1.82, 2.24) is 0 Å². The number of hydrogen-bond acceptors (Lipinski definition) is 5. The van der Waals surface area contributed by atoms with Crippen molar-refractivity contribution in [3.05, 3.63) is 12.2 Å². The Hall–Kier alpha value is -1.93. The molecule has 2 atom stereocenters. The second kappa shape index (κ2) is 9.96. The third kappa shape index (κ3) is 12.3. The number of hydrogen-bond donors (Lipinski definition) is 3. The van der Waals surface area contributed by atoms with Gasteiger partial charge in [0.2, 0.25) is 0 Å². The molecule has 0 aliphatic rings. The first-order chi connectivity index (χ1) is 10.5. The van der Waals surface area contributed by atoms with Gasteiger partial charge in [-0.3, -0.25) is 9.59 Å². The maximum Gasteiger partial charge on any atom is 0.332 e. The van der Waals surface area contributed by atoms with E-state index in [0.29, 0.717) is 17.4 Å². The van der Waals surface area contributed by atoms with Crippen LogP contribution in [0.1, 0.15) is 25.7 Å². The minimum Gasteiger partial charge on any atom is -0.481 e.